The van der Waals surface area contributed by atoms with Crippen molar-refractivity contribution in [1.29, 1.82) is 0 Å². The molecule has 0 fully saturated rings. The Morgan fingerprint density at radius 3 is 1.28 bits per heavy atom. The molecule has 53 heavy (non-hydrogen) atoms. The molecule has 4 nitrogen and oxygen atoms in total. The molecule has 1 atom stereocenters. The van der Waals surface area contributed by atoms with Crippen LogP contribution >= 0.6 is 0 Å². The lowest BCUT2D eigenvalue weighted by molar-refractivity contribution is -0.154. The maximum Gasteiger partial charge on any atom is 0.306 e. The molecule has 0 aromatic carbocycles. The quantitative estimate of drug-likeness (QED) is 0.0388. The van der Waals surface area contributed by atoms with Crippen molar-refractivity contribution in [1.82, 2.24) is 0 Å². The van der Waals surface area contributed by atoms with Crippen LogP contribution in [0.5, 0.6) is 0 Å². The van der Waals surface area contributed by atoms with Gasteiger partial charge < -0.3 is 14.6 Å². The van der Waals surface area contributed by atoms with E-state index in [4.69, 9.17) is 9.47 Å². The highest BCUT2D eigenvalue weighted by Crippen LogP contribution is 2.11. The first-order valence-corrected chi connectivity index (χ1v) is 21.8. The van der Waals surface area contributed by atoms with Gasteiger partial charge in [0, 0.05) is 13.0 Å². The van der Waals surface area contributed by atoms with Crippen LogP contribution in [-0.4, -0.2) is 37.0 Å². The summed E-state index contributed by atoms with van der Waals surface area (Å²) in [5, 5.41) is 9.61. The fraction of sp³-hybridized carbons (Fsp3) is 0.653. The lowest BCUT2D eigenvalue weighted by Gasteiger charge is -2.15. The molecule has 0 aromatic heterocycles. The number of rotatable bonds is 39. The number of aliphatic hydroxyl groups excluding tert-OH is 1. The highest BCUT2D eigenvalue weighted by Gasteiger charge is 2.13. The van der Waals surface area contributed by atoms with Gasteiger partial charge in [0.15, 0.2) is 0 Å². The second-order valence-corrected chi connectivity index (χ2v) is 14.0. The van der Waals surface area contributed by atoms with Gasteiger partial charge in [0.2, 0.25) is 0 Å². The Morgan fingerprint density at radius 2 is 0.849 bits per heavy atom. The summed E-state index contributed by atoms with van der Waals surface area (Å²) in [6.07, 6.45) is 64.6. The zero-order valence-electron chi connectivity index (χ0n) is 34.5. The Morgan fingerprint density at radius 1 is 0.472 bits per heavy atom. The van der Waals surface area contributed by atoms with E-state index in [1.807, 2.05) is 0 Å². The van der Waals surface area contributed by atoms with Gasteiger partial charge in [0.1, 0.15) is 6.10 Å². The van der Waals surface area contributed by atoms with Crippen molar-refractivity contribution < 1.29 is 19.4 Å². The van der Waals surface area contributed by atoms with Crippen molar-refractivity contribution in [3.63, 3.8) is 0 Å². The average molecular weight is 735 g/mol. The smallest absolute Gasteiger partial charge is 0.306 e. The van der Waals surface area contributed by atoms with Crippen molar-refractivity contribution in [3.8, 4) is 0 Å². The molecule has 0 aromatic rings. The van der Waals surface area contributed by atoms with Crippen molar-refractivity contribution in [2.75, 3.05) is 19.8 Å². The third kappa shape index (κ3) is 43.6. The van der Waals surface area contributed by atoms with E-state index in [0.29, 0.717) is 13.0 Å². The van der Waals surface area contributed by atoms with Gasteiger partial charge in [-0.3, -0.25) is 4.79 Å². The maximum atomic E-state index is 12.2. The van der Waals surface area contributed by atoms with E-state index in [-0.39, 0.29) is 19.2 Å². The van der Waals surface area contributed by atoms with E-state index >= 15 is 0 Å². The van der Waals surface area contributed by atoms with Crippen molar-refractivity contribution in [2.24, 2.45) is 0 Å². The molecule has 0 amide bonds. The third-order valence-electron chi connectivity index (χ3n) is 8.89. The van der Waals surface area contributed by atoms with Crippen LogP contribution in [0, 0.1) is 0 Å². The van der Waals surface area contributed by atoms with Crippen LogP contribution in [0.4, 0.5) is 0 Å². The molecule has 0 heterocycles. The minimum atomic E-state index is -0.556. The Bertz CT molecular complexity index is 996. The number of hydrogen-bond donors (Lipinski definition) is 1. The predicted octanol–water partition coefficient (Wildman–Crippen LogP) is 14.5. The van der Waals surface area contributed by atoms with Crippen molar-refractivity contribution >= 4 is 5.97 Å². The minimum Gasteiger partial charge on any atom is -0.457 e. The molecule has 0 radical (unpaired) electrons. The van der Waals surface area contributed by atoms with Gasteiger partial charge in [-0.2, -0.15) is 0 Å². The summed E-state index contributed by atoms with van der Waals surface area (Å²) in [7, 11) is 0. The molecule has 0 bridgehead atoms. The topological polar surface area (TPSA) is 55.8 Å². The summed E-state index contributed by atoms with van der Waals surface area (Å²) >= 11 is 0. The molecule has 0 spiro atoms. The molecule has 1 unspecified atom stereocenters. The fourth-order valence-electron chi connectivity index (χ4n) is 5.65. The molecule has 0 aliphatic rings. The van der Waals surface area contributed by atoms with Crippen LogP contribution < -0.4 is 0 Å². The molecule has 1 N–H and O–H groups in total. The van der Waals surface area contributed by atoms with Crippen LogP contribution in [0.15, 0.2) is 97.2 Å². The standard InChI is InChI=1S/C49H82O4/c1-3-5-7-9-11-13-15-17-19-21-23-24-25-27-29-31-33-35-37-39-41-43-45-52-47-48(46-50)53-49(51)44-42-40-38-36-34-32-30-28-26-22-20-18-16-14-12-10-8-6-4-2/h5,7,11-14,17-20,23-24,26-29,48,50H,3-4,6,8-10,15-16,21-22,25,30-47H2,1-2H3/b7-5-,13-11-,14-12-,19-17-,20-18-,24-23-,28-26-,29-27-. The summed E-state index contributed by atoms with van der Waals surface area (Å²) in [6.45, 7) is 5.14. The fourth-order valence-corrected chi connectivity index (χ4v) is 5.65. The number of carbonyl (C=O) groups excluding carboxylic acids is 1. The van der Waals surface area contributed by atoms with Crippen LogP contribution in [0.2, 0.25) is 0 Å². The Labute approximate surface area is 328 Å². The molecule has 0 saturated heterocycles. The largest absolute Gasteiger partial charge is 0.457 e. The number of unbranched alkanes of at least 4 members (excludes halogenated alkanes) is 15. The molecular weight excluding hydrogens is 653 g/mol. The van der Waals surface area contributed by atoms with E-state index in [2.05, 4.69) is 111 Å². The molecule has 302 valence electrons. The SMILES string of the molecule is CC/C=C\C/C=C\C/C=C\C/C=C\C/C=C\CCCCCCCCOCC(CO)OC(=O)CCCCCCCC/C=C\C/C=C\C/C=C\CCCCC. The highest BCUT2D eigenvalue weighted by atomic mass is 16.6. The van der Waals surface area contributed by atoms with Gasteiger partial charge in [0.05, 0.1) is 13.2 Å². The number of esters is 1. The summed E-state index contributed by atoms with van der Waals surface area (Å²) in [5.41, 5.74) is 0. The molecular formula is C49H82O4. The lowest BCUT2D eigenvalue weighted by Crippen LogP contribution is -2.27. The van der Waals surface area contributed by atoms with E-state index in [9.17, 15) is 9.90 Å². The molecule has 4 heteroatoms. The highest BCUT2D eigenvalue weighted by molar-refractivity contribution is 5.69. The van der Waals surface area contributed by atoms with Gasteiger partial charge >= 0.3 is 5.97 Å². The maximum absolute atomic E-state index is 12.2. The first kappa shape index (κ1) is 50.3. The van der Waals surface area contributed by atoms with Gasteiger partial charge in [0.25, 0.3) is 0 Å². The van der Waals surface area contributed by atoms with Gasteiger partial charge in [-0.1, -0.05) is 175 Å². The van der Waals surface area contributed by atoms with Crippen molar-refractivity contribution in [2.45, 2.75) is 187 Å². The zero-order valence-corrected chi connectivity index (χ0v) is 34.5. The molecule has 0 aliphatic carbocycles. The average Bonchev–Trinajstić information content (AvgIpc) is 3.16. The van der Waals surface area contributed by atoms with Crippen LogP contribution in [0.1, 0.15) is 181 Å². The Balaban J connectivity index is 3.54. The second-order valence-electron chi connectivity index (χ2n) is 14.0. The molecule has 0 rings (SSSR count). The summed E-state index contributed by atoms with van der Waals surface area (Å²) in [5.74, 6) is -0.223. The summed E-state index contributed by atoms with van der Waals surface area (Å²) in [6, 6.07) is 0. The Kier molecular flexibility index (Phi) is 43.2. The molecule has 0 aliphatic heterocycles. The van der Waals surface area contributed by atoms with Crippen LogP contribution in [-0.2, 0) is 14.3 Å². The first-order valence-electron chi connectivity index (χ1n) is 21.8. The van der Waals surface area contributed by atoms with E-state index < -0.39 is 6.10 Å². The van der Waals surface area contributed by atoms with Crippen LogP contribution in [0.25, 0.3) is 0 Å². The number of carbonyl (C=O) groups is 1. The number of aliphatic hydroxyl groups is 1. The zero-order chi connectivity index (χ0) is 38.4. The first-order chi connectivity index (χ1) is 26.2. The number of ether oxygens (including phenoxy) is 2. The van der Waals surface area contributed by atoms with E-state index in [1.54, 1.807) is 0 Å². The normalized spacial score (nSPS) is 13.3. The number of allylic oxidation sites excluding steroid dienone is 16. The lowest BCUT2D eigenvalue weighted by atomic mass is 10.1. The van der Waals surface area contributed by atoms with Gasteiger partial charge in [-0.15, -0.1) is 0 Å². The second kappa shape index (κ2) is 45.5. The van der Waals surface area contributed by atoms with Crippen molar-refractivity contribution in [3.05, 3.63) is 97.2 Å². The molecule has 0 saturated carbocycles. The minimum absolute atomic E-state index is 0.190. The Hall–Kier alpha value is -2.69. The summed E-state index contributed by atoms with van der Waals surface area (Å²) in [4.78, 5) is 12.2. The van der Waals surface area contributed by atoms with Gasteiger partial charge in [-0.25, -0.2) is 0 Å². The number of hydrogen-bond acceptors (Lipinski definition) is 4. The van der Waals surface area contributed by atoms with Gasteiger partial charge in [-0.05, 0) is 96.3 Å². The summed E-state index contributed by atoms with van der Waals surface area (Å²) < 4.78 is 11.1. The monoisotopic (exact) mass is 735 g/mol. The van der Waals surface area contributed by atoms with Crippen LogP contribution in [0.3, 0.4) is 0 Å². The van der Waals surface area contributed by atoms with E-state index in [0.717, 1.165) is 89.9 Å². The third-order valence-corrected chi connectivity index (χ3v) is 8.89. The predicted molar refractivity (Wildman–Crippen MR) is 232 cm³/mol. The van der Waals surface area contributed by atoms with E-state index in [1.165, 1.54) is 70.6 Å².